The number of benzene rings is 3. The van der Waals surface area contributed by atoms with Crippen LogP contribution in [0.2, 0.25) is 0 Å². The van der Waals surface area contributed by atoms with Gasteiger partial charge >= 0.3 is 0 Å². The first-order valence-electron chi connectivity index (χ1n) is 12.9. The summed E-state index contributed by atoms with van der Waals surface area (Å²) in [5.74, 6) is 1.75. The van der Waals surface area contributed by atoms with Gasteiger partial charge in [-0.3, -0.25) is 4.79 Å². The lowest BCUT2D eigenvalue weighted by atomic mass is 9.88. The maximum absolute atomic E-state index is 13.6. The van der Waals surface area contributed by atoms with Crippen LogP contribution in [-0.2, 0) is 6.61 Å². The van der Waals surface area contributed by atoms with Gasteiger partial charge in [0.25, 0.3) is 5.56 Å². The minimum Gasteiger partial charge on any atom is -0.493 e. The molecule has 0 amide bonds. The molecule has 1 aliphatic rings. The summed E-state index contributed by atoms with van der Waals surface area (Å²) in [6, 6.07) is 15.2. The molecule has 4 aromatic rings. The second-order valence-electron chi connectivity index (χ2n) is 9.50. The van der Waals surface area contributed by atoms with Crippen LogP contribution < -0.4 is 19.8 Å². The molecular formula is C30H29BrFN3O4. The smallest absolute Gasteiger partial charge is 0.282 e. The fourth-order valence-electron chi connectivity index (χ4n) is 4.93. The number of rotatable bonds is 8. The lowest BCUT2D eigenvalue weighted by molar-refractivity contribution is 0.265. The van der Waals surface area contributed by atoms with Crippen molar-refractivity contribution in [3.05, 3.63) is 92.2 Å². The largest absolute Gasteiger partial charge is 0.493 e. The molecule has 7 nitrogen and oxygen atoms in total. The van der Waals surface area contributed by atoms with Gasteiger partial charge in [-0.05, 0) is 60.9 Å². The van der Waals surface area contributed by atoms with Gasteiger partial charge in [0, 0.05) is 16.0 Å². The van der Waals surface area contributed by atoms with E-state index in [0.717, 1.165) is 30.2 Å². The quantitative estimate of drug-likeness (QED) is 0.209. The van der Waals surface area contributed by atoms with Crippen molar-refractivity contribution >= 4 is 33.0 Å². The molecule has 39 heavy (non-hydrogen) atoms. The third-order valence-electron chi connectivity index (χ3n) is 6.88. The summed E-state index contributed by atoms with van der Waals surface area (Å²) in [5.41, 5.74) is 1.78. The standard InChI is InChI=1S/C30H29BrFN3O4/c1-37-26-14-20(15-27(38-2)28(26)39-18-19-7-6-10-23(32)13-19)17-33-35-29(21-8-4-3-5-9-21)34-25-12-11-22(31)16-24(25)30(35)36/h6-7,10-17,21H,3-5,8-9,18H2,1-2H3. The van der Waals surface area contributed by atoms with Gasteiger partial charge < -0.3 is 14.2 Å². The molecular weight excluding hydrogens is 565 g/mol. The van der Waals surface area contributed by atoms with Crippen LogP contribution in [0.15, 0.2) is 69.0 Å². The van der Waals surface area contributed by atoms with Crippen LogP contribution in [0.4, 0.5) is 4.39 Å². The molecule has 1 heterocycles. The van der Waals surface area contributed by atoms with Crippen LogP contribution in [-0.4, -0.2) is 30.1 Å². The van der Waals surface area contributed by atoms with Gasteiger partial charge in [0.15, 0.2) is 11.5 Å². The minimum absolute atomic E-state index is 0.135. The van der Waals surface area contributed by atoms with Crippen LogP contribution in [0.1, 0.15) is 55.0 Å². The summed E-state index contributed by atoms with van der Waals surface area (Å²) in [7, 11) is 3.06. The molecule has 3 aromatic carbocycles. The summed E-state index contributed by atoms with van der Waals surface area (Å²) in [6.45, 7) is 0.135. The monoisotopic (exact) mass is 593 g/mol. The third-order valence-corrected chi connectivity index (χ3v) is 7.37. The average molecular weight is 594 g/mol. The first-order chi connectivity index (χ1) is 19.0. The molecule has 0 saturated heterocycles. The predicted octanol–water partition coefficient (Wildman–Crippen LogP) is 6.82. The van der Waals surface area contributed by atoms with Crippen molar-refractivity contribution in [3.8, 4) is 17.2 Å². The highest BCUT2D eigenvalue weighted by atomic mass is 79.9. The number of aromatic nitrogens is 2. The number of ether oxygens (including phenoxy) is 3. The molecule has 0 spiro atoms. The number of methoxy groups -OCH3 is 2. The average Bonchev–Trinajstić information content (AvgIpc) is 2.96. The van der Waals surface area contributed by atoms with Crippen molar-refractivity contribution < 1.29 is 18.6 Å². The highest BCUT2D eigenvalue weighted by Gasteiger charge is 2.23. The van der Waals surface area contributed by atoms with Crippen molar-refractivity contribution in [2.24, 2.45) is 5.10 Å². The van der Waals surface area contributed by atoms with E-state index < -0.39 is 0 Å². The zero-order chi connectivity index (χ0) is 27.4. The van der Waals surface area contributed by atoms with E-state index in [1.54, 1.807) is 36.5 Å². The maximum atomic E-state index is 13.6. The topological polar surface area (TPSA) is 74.9 Å². The summed E-state index contributed by atoms with van der Waals surface area (Å²) in [5, 5.41) is 5.12. The summed E-state index contributed by atoms with van der Waals surface area (Å²) in [6.07, 6.45) is 6.95. The van der Waals surface area contributed by atoms with Crippen molar-refractivity contribution in [2.45, 2.75) is 44.6 Å². The Kier molecular flexibility index (Phi) is 8.26. The van der Waals surface area contributed by atoms with E-state index in [-0.39, 0.29) is 23.9 Å². The fraction of sp³-hybridized carbons (Fsp3) is 0.300. The molecule has 1 aliphatic carbocycles. The van der Waals surface area contributed by atoms with Gasteiger partial charge in [0.2, 0.25) is 5.75 Å². The molecule has 0 atom stereocenters. The Morgan fingerprint density at radius 3 is 2.49 bits per heavy atom. The Morgan fingerprint density at radius 1 is 1.05 bits per heavy atom. The van der Waals surface area contributed by atoms with Gasteiger partial charge in [-0.25, -0.2) is 9.37 Å². The van der Waals surface area contributed by atoms with Crippen molar-refractivity contribution in [1.82, 2.24) is 9.66 Å². The molecule has 9 heteroatoms. The van der Waals surface area contributed by atoms with Crippen molar-refractivity contribution in [2.75, 3.05) is 14.2 Å². The lowest BCUT2D eigenvalue weighted by Crippen LogP contribution is -2.25. The second-order valence-corrected chi connectivity index (χ2v) is 10.4. The molecule has 5 rings (SSSR count). The fourth-order valence-corrected chi connectivity index (χ4v) is 5.29. The normalized spacial score (nSPS) is 14.2. The number of hydrogen-bond acceptors (Lipinski definition) is 6. The van der Waals surface area contributed by atoms with E-state index in [9.17, 15) is 9.18 Å². The molecule has 0 N–H and O–H groups in total. The predicted molar refractivity (Wildman–Crippen MR) is 153 cm³/mol. The van der Waals surface area contributed by atoms with Crippen molar-refractivity contribution in [1.29, 1.82) is 0 Å². The van der Waals surface area contributed by atoms with Gasteiger partial charge in [0.1, 0.15) is 18.2 Å². The molecule has 1 aromatic heterocycles. The number of halogens is 2. The number of fused-ring (bicyclic) bond motifs is 1. The molecule has 0 aliphatic heterocycles. The summed E-state index contributed by atoms with van der Waals surface area (Å²) < 4.78 is 32.9. The molecule has 1 saturated carbocycles. The Bertz CT molecular complexity index is 1560. The molecule has 202 valence electrons. The second kappa shape index (κ2) is 12.0. The van der Waals surface area contributed by atoms with Crippen LogP contribution in [0.25, 0.3) is 10.9 Å². The Balaban J connectivity index is 1.52. The molecule has 1 fully saturated rings. The number of hydrogen-bond donors (Lipinski definition) is 0. The van der Waals surface area contributed by atoms with Crippen LogP contribution in [0, 0.1) is 5.82 Å². The van der Waals surface area contributed by atoms with E-state index in [0.29, 0.717) is 45.1 Å². The first-order valence-corrected chi connectivity index (χ1v) is 13.7. The Hall–Kier alpha value is -3.72. The van der Waals surface area contributed by atoms with E-state index in [1.165, 1.54) is 37.4 Å². The lowest BCUT2D eigenvalue weighted by Gasteiger charge is -2.22. The van der Waals surface area contributed by atoms with Gasteiger partial charge in [-0.15, -0.1) is 0 Å². The Labute approximate surface area is 234 Å². The summed E-state index contributed by atoms with van der Waals surface area (Å²) >= 11 is 3.46. The molecule has 0 bridgehead atoms. The van der Waals surface area contributed by atoms with Gasteiger partial charge in [0.05, 0.1) is 31.3 Å². The Morgan fingerprint density at radius 2 is 1.79 bits per heavy atom. The molecule has 0 unspecified atom stereocenters. The SMILES string of the molecule is COc1cc(C=Nn2c(C3CCCCC3)nc3ccc(Br)cc3c2=O)cc(OC)c1OCc1cccc(F)c1. The van der Waals surface area contributed by atoms with E-state index >= 15 is 0 Å². The van der Waals surface area contributed by atoms with E-state index in [4.69, 9.17) is 19.2 Å². The molecule has 0 radical (unpaired) electrons. The zero-order valence-corrected chi connectivity index (χ0v) is 23.4. The maximum Gasteiger partial charge on any atom is 0.282 e. The summed E-state index contributed by atoms with van der Waals surface area (Å²) in [4.78, 5) is 18.5. The minimum atomic E-state index is -0.333. The van der Waals surface area contributed by atoms with Gasteiger partial charge in [-0.1, -0.05) is 47.3 Å². The van der Waals surface area contributed by atoms with Crippen molar-refractivity contribution in [3.63, 3.8) is 0 Å². The van der Waals surface area contributed by atoms with E-state index in [2.05, 4.69) is 21.0 Å². The third kappa shape index (κ3) is 5.98. The van der Waals surface area contributed by atoms with Gasteiger partial charge in [-0.2, -0.15) is 9.78 Å². The van der Waals surface area contributed by atoms with Crippen LogP contribution in [0.3, 0.4) is 0 Å². The van der Waals surface area contributed by atoms with Crippen LogP contribution >= 0.6 is 15.9 Å². The first kappa shape index (κ1) is 26.9. The van der Waals surface area contributed by atoms with E-state index in [1.807, 2.05) is 12.1 Å². The highest BCUT2D eigenvalue weighted by molar-refractivity contribution is 9.10. The highest BCUT2D eigenvalue weighted by Crippen LogP contribution is 2.39. The zero-order valence-electron chi connectivity index (χ0n) is 21.8. The number of nitrogens with zero attached hydrogens (tertiary/aromatic N) is 3. The van der Waals surface area contributed by atoms with Crippen LogP contribution in [0.5, 0.6) is 17.2 Å².